The molecule has 1 unspecified atom stereocenters. The van der Waals surface area contributed by atoms with Crippen LogP contribution in [0.2, 0.25) is 5.02 Å². The average molecular weight is 249 g/mol. The number of fused-ring (bicyclic) bond motifs is 1. The van der Waals surface area contributed by atoms with E-state index in [9.17, 15) is 5.11 Å². The van der Waals surface area contributed by atoms with Crippen LogP contribution in [0.1, 0.15) is 17.4 Å². The van der Waals surface area contributed by atoms with Crippen molar-refractivity contribution in [2.75, 3.05) is 0 Å². The normalized spacial score (nSPS) is 13.1. The minimum atomic E-state index is -0.820. The van der Waals surface area contributed by atoms with Crippen molar-refractivity contribution in [3.8, 4) is 0 Å². The van der Waals surface area contributed by atoms with E-state index in [1.54, 1.807) is 30.3 Å². The first-order chi connectivity index (χ1) is 8.24. The first-order valence-electron chi connectivity index (χ1n) is 5.13. The summed E-state index contributed by atoms with van der Waals surface area (Å²) in [5.41, 5.74) is 1.36. The lowest BCUT2D eigenvalue weighted by atomic mass is 10.1. The monoisotopic (exact) mass is 248 g/mol. The van der Waals surface area contributed by atoms with Gasteiger partial charge < -0.3 is 13.9 Å². The van der Waals surface area contributed by atoms with Crippen LogP contribution in [-0.2, 0) is 0 Å². The summed E-state index contributed by atoms with van der Waals surface area (Å²) in [5, 5.41) is 11.6. The summed E-state index contributed by atoms with van der Waals surface area (Å²) in [6.45, 7) is 0. The van der Waals surface area contributed by atoms with Gasteiger partial charge >= 0.3 is 0 Å². The maximum Gasteiger partial charge on any atom is 0.140 e. The molecule has 1 atom stereocenters. The van der Waals surface area contributed by atoms with Gasteiger partial charge in [0.2, 0.25) is 0 Å². The number of aliphatic hydroxyl groups excluding tert-OH is 1. The van der Waals surface area contributed by atoms with E-state index in [1.165, 1.54) is 12.5 Å². The summed E-state index contributed by atoms with van der Waals surface area (Å²) in [7, 11) is 0. The van der Waals surface area contributed by atoms with Crippen molar-refractivity contribution in [3.05, 3.63) is 59.2 Å². The van der Waals surface area contributed by atoms with Gasteiger partial charge in [-0.3, -0.25) is 0 Å². The molecule has 0 saturated heterocycles. The minimum absolute atomic E-state index is 0.476. The molecule has 0 bridgehead atoms. The lowest BCUT2D eigenvalue weighted by Gasteiger charge is -2.02. The zero-order valence-corrected chi connectivity index (χ0v) is 9.52. The average Bonchev–Trinajstić information content (AvgIpc) is 2.96. The van der Waals surface area contributed by atoms with Gasteiger partial charge in [-0.15, -0.1) is 0 Å². The van der Waals surface area contributed by atoms with Crippen LogP contribution < -0.4 is 0 Å². The second kappa shape index (κ2) is 3.95. The Bertz CT molecular complexity index is 640. The zero-order valence-electron chi connectivity index (χ0n) is 8.76. The van der Waals surface area contributed by atoms with E-state index in [2.05, 4.69) is 0 Å². The molecule has 0 fully saturated rings. The van der Waals surface area contributed by atoms with Crippen LogP contribution >= 0.6 is 11.6 Å². The molecule has 0 radical (unpaired) electrons. The molecule has 1 aromatic carbocycles. The minimum Gasteiger partial charge on any atom is -0.472 e. The van der Waals surface area contributed by atoms with Crippen LogP contribution in [-0.4, -0.2) is 5.11 Å². The largest absolute Gasteiger partial charge is 0.472 e. The quantitative estimate of drug-likeness (QED) is 0.751. The number of hydrogen-bond donors (Lipinski definition) is 1. The van der Waals surface area contributed by atoms with Gasteiger partial charge in [0, 0.05) is 16.0 Å². The van der Waals surface area contributed by atoms with E-state index in [1.807, 2.05) is 0 Å². The highest BCUT2D eigenvalue weighted by Crippen LogP contribution is 2.29. The van der Waals surface area contributed by atoms with Crippen molar-refractivity contribution in [1.29, 1.82) is 0 Å². The van der Waals surface area contributed by atoms with E-state index in [-0.39, 0.29) is 0 Å². The van der Waals surface area contributed by atoms with Gasteiger partial charge in [0.05, 0.1) is 12.5 Å². The molecule has 3 rings (SSSR count). The van der Waals surface area contributed by atoms with Crippen molar-refractivity contribution in [1.82, 2.24) is 0 Å². The molecule has 0 aliphatic heterocycles. The summed E-state index contributed by atoms with van der Waals surface area (Å²) in [5.74, 6) is 0.476. The number of hydrogen-bond acceptors (Lipinski definition) is 3. The fraction of sp³-hybridized carbons (Fsp3) is 0.0769. The fourth-order valence-electron chi connectivity index (χ4n) is 1.76. The van der Waals surface area contributed by atoms with E-state index in [0.29, 0.717) is 21.9 Å². The molecule has 0 amide bonds. The second-order valence-electron chi connectivity index (χ2n) is 3.79. The Morgan fingerprint density at radius 1 is 1.18 bits per heavy atom. The van der Waals surface area contributed by atoms with Crippen LogP contribution in [0.4, 0.5) is 0 Å². The highest BCUT2D eigenvalue weighted by atomic mass is 35.5. The van der Waals surface area contributed by atoms with Gasteiger partial charge in [-0.1, -0.05) is 11.6 Å². The maximum atomic E-state index is 10.1. The highest BCUT2D eigenvalue weighted by molar-refractivity contribution is 6.31. The van der Waals surface area contributed by atoms with Gasteiger partial charge in [-0.05, 0) is 30.3 Å². The number of aliphatic hydroxyl groups is 1. The van der Waals surface area contributed by atoms with Gasteiger partial charge in [0.1, 0.15) is 17.4 Å². The first kappa shape index (κ1) is 10.4. The number of benzene rings is 1. The summed E-state index contributed by atoms with van der Waals surface area (Å²) in [4.78, 5) is 0. The molecule has 3 aromatic rings. The molecule has 2 aromatic heterocycles. The number of rotatable bonds is 2. The summed E-state index contributed by atoms with van der Waals surface area (Å²) in [6.07, 6.45) is 2.18. The summed E-state index contributed by atoms with van der Waals surface area (Å²) >= 11 is 5.89. The van der Waals surface area contributed by atoms with E-state index in [0.717, 1.165) is 5.39 Å². The third-order valence-corrected chi connectivity index (χ3v) is 2.86. The molecular formula is C13H9ClO3. The predicted molar refractivity (Wildman–Crippen MR) is 64.0 cm³/mol. The number of furan rings is 2. The van der Waals surface area contributed by atoms with Gasteiger partial charge in [-0.25, -0.2) is 0 Å². The zero-order chi connectivity index (χ0) is 11.8. The Labute approximate surface area is 102 Å². The molecule has 0 saturated carbocycles. The second-order valence-corrected chi connectivity index (χ2v) is 4.23. The van der Waals surface area contributed by atoms with Crippen LogP contribution in [0.25, 0.3) is 11.0 Å². The Morgan fingerprint density at radius 3 is 2.82 bits per heavy atom. The first-order valence-corrected chi connectivity index (χ1v) is 5.51. The Hall–Kier alpha value is -1.71. The SMILES string of the molecule is OC(c1ccoc1)c1cc2cc(Cl)ccc2o1. The molecule has 0 aliphatic rings. The topological polar surface area (TPSA) is 46.5 Å². The molecule has 86 valence electrons. The molecule has 0 aliphatic carbocycles. The van der Waals surface area contributed by atoms with E-state index in [4.69, 9.17) is 20.4 Å². The highest BCUT2D eigenvalue weighted by Gasteiger charge is 2.16. The standard InChI is InChI=1S/C13H9ClO3/c14-10-1-2-11-9(5-10)6-12(17-11)13(15)8-3-4-16-7-8/h1-7,13,15H. The van der Waals surface area contributed by atoms with E-state index < -0.39 is 6.10 Å². The predicted octanol–water partition coefficient (Wildman–Crippen LogP) is 3.76. The molecule has 17 heavy (non-hydrogen) atoms. The Morgan fingerprint density at radius 2 is 2.06 bits per heavy atom. The molecule has 2 heterocycles. The van der Waals surface area contributed by atoms with E-state index >= 15 is 0 Å². The van der Waals surface area contributed by atoms with Crippen LogP contribution in [0.3, 0.4) is 0 Å². The van der Waals surface area contributed by atoms with Crippen LogP contribution in [0.5, 0.6) is 0 Å². The smallest absolute Gasteiger partial charge is 0.140 e. The molecular weight excluding hydrogens is 240 g/mol. The number of halogens is 1. The van der Waals surface area contributed by atoms with Gasteiger partial charge in [0.25, 0.3) is 0 Å². The van der Waals surface area contributed by atoms with Crippen molar-refractivity contribution < 1.29 is 13.9 Å². The fourth-order valence-corrected chi connectivity index (χ4v) is 1.94. The molecule has 0 spiro atoms. The Balaban J connectivity index is 2.06. The lowest BCUT2D eigenvalue weighted by Crippen LogP contribution is -1.95. The van der Waals surface area contributed by atoms with Crippen molar-refractivity contribution >= 4 is 22.6 Å². The third-order valence-electron chi connectivity index (χ3n) is 2.63. The van der Waals surface area contributed by atoms with Crippen LogP contribution in [0.15, 0.2) is 51.7 Å². The Kier molecular flexibility index (Phi) is 2.42. The maximum absolute atomic E-state index is 10.1. The van der Waals surface area contributed by atoms with Gasteiger partial charge in [-0.2, -0.15) is 0 Å². The lowest BCUT2D eigenvalue weighted by molar-refractivity contribution is 0.191. The molecule has 4 heteroatoms. The van der Waals surface area contributed by atoms with Gasteiger partial charge in [0.15, 0.2) is 0 Å². The van der Waals surface area contributed by atoms with Crippen molar-refractivity contribution in [2.24, 2.45) is 0 Å². The summed E-state index contributed by atoms with van der Waals surface area (Å²) < 4.78 is 10.5. The molecule has 3 nitrogen and oxygen atoms in total. The van der Waals surface area contributed by atoms with Crippen molar-refractivity contribution in [3.63, 3.8) is 0 Å². The summed E-state index contributed by atoms with van der Waals surface area (Å²) in [6, 6.07) is 8.81. The van der Waals surface area contributed by atoms with Crippen LogP contribution in [0, 0.1) is 0 Å². The molecule has 1 N–H and O–H groups in total. The third kappa shape index (κ3) is 1.84. The van der Waals surface area contributed by atoms with Crippen molar-refractivity contribution in [2.45, 2.75) is 6.10 Å².